The van der Waals surface area contributed by atoms with Gasteiger partial charge in [-0.3, -0.25) is 0 Å². The molecule has 1 aromatic carbocycles. The fourth-order valence-corrected chi connectivity index (χ4v) is 1.79. The van der Waals surface area contributed by atoms with Gasteiger partial charge in [-0.15, -0.1) is 0 Å². The van der Waals surface area contributed by atoms with Crippen LogP contribution in [0.5, 0.6) is 0 Å². The quantitative estimate of drug-likeness (QED) is 0.658. The fraction of sp³-hybridized carbons (Fsp3) is 0.538. The molecule has 0 atom stereocenters. The zero-order valence-electron chi connectivity index (χ0n) is 9.22. The number of rotatable bonds is 3. The van der Waals surface area contributed by atoms with Crippen LogP contribution in [0, 0.1) is 12.8 Å². The highest BCUT2D eigenvalue weighted by atomic mass is 14.1. The Labute approximate surface area is 82.0 Å². The molecule has 0 amide bonds. The van der Waals surface area contributed by atoms with E-state index in [2.05, 4.69) is 45.9 Å². The summed E-state index contributed by atoms with van der Waals surface area (Å²) in [4.78, 5) is 0. The standard InChI is InChI=1S/C13H20/c1-5-12-8-6-7-11(4)13(12)9-10(2)3/h6-8,10H,5,9H2,1-4H3. The van der Waals surface area contributed by atoms with Crippen LogP contribution in [0.2, 0.25) is 0 Å². The van der Waals surface area contributed by atoms with E-state index in [9.17, 15) is 0 Å². The Morgan fingerprint density at radius 3 is 2.46 bits per heavy atom. The second-order valence-corrected chi connectivity index (χ2v) is 4.16. The van der Waals surface area contributed by atoms with Gasteiger partial charge in [-0.05, 0) is 42.4 Å². The monoisotopic (exact) mass is 176 g/mol. The van der Waals surface area contributed by atoms with E-state index < -0.39 is 0 Å². The summed E-state index contributed by atoms with van der Waals surface area (Å²) in [5.41, 5.74) is 4.54. The summed E-state index contributed by atoms with van der Waals surface area (Å²) in [5.74, 6) is 0.756. The minimum absolute atomic E-state index is 0.756. The van der Waals surface area contributed by atoms with Gasteiger partial charge < -0.3 is 0 Å². The largest absolute Gasteiger partial charge is 0.0625 e. The maximum atomic E-state index is 2.28. The smallest absolute Gasteiger partial charge is 0.0250 e. The van der Waals surface area contributed by atoms with Crippen LogP contribution in [0.3, 0.4) is 0 Å². The predicted molar refractivity (Wildman–Crippen MR) is 59.1 cm³/mol. The lowest BCUT2D eigenvalue weighted by Gasteiger charge is -2.13. The van der Waals surface area contributed by atoms with Crippen LogP contribution in [0.4, 0.5) is 0 Å². The highest BCUT2D eigenvalue weighted by molar-refractivity contribution is 5.34. The average Bonchev–Trinajstić information content (AvgIpc) is 2.08. The SMILES string of the molecule is CCc1cccc(C)c1CC(C)C. The molecule has 13 heavy (non-hydrogen) atoms. The zero-order chi connectivity index (χ0) is 9.84. The molecule has 0 bridgehead atoms. The van der Waals surface area contributed by atoms with Crippen molar-refractivity contribution in [3.05, 3.63) is 34.9 Å². The van der Waals surface area contributed by atoms with Crippen molar-refractivity contribution < 1.29 is 0 Å². The van der Waals surface area contributed by atoms with Crippen molar-refractivity contribution in [3.8, 4) is 0 Å². The lowest BCUT2D eigenvalue weighted by molar-refractivity contribution is 0.640. The van der Waals surface area contributed by atoms with E-state index >= 15 is 0 Å². The van der Waals surface area contributed by atoms with Gasteiger partial charge >= 0.3 is 0 Å². The van der Waals surface area contributed by atoms with Gasteiger partial charge in [0, 0.05) is 0 Å². The van der Waals surface area contributed by atoms with Crippen LogP contribution < -0.4 is 0 Å². The molecule has 0 aliphatic carbocycles. The Balaban J connectivity index is 3.00. The van der Waals surface area contributed by atoms with Crippen LogP contribution in [0.15, 0.2) is 18.2 Å². The van der Waals surface area contributed by atoms with Gasteiger partial charge in [-0.2, -0.15) is 0 Å². The molecule has 72 valence electrons. The second kappa shape index (κ2) is 4.45. The van der Waals surface area contributed by atoms with Crippen molar-refractivity contribution in [2.75, 3.05) is 0 Å². The predicted octanol–water partition coefficient (Wildman–Crippen LogP) is 3.76. The molecule has 0 heterocycles. The third-order valence-electron chi connectivity index (χ3n) is 2.50. The Bertz CT molecular complexity index is 271. The molecule has 0 saturated carbocycles. The molecule has 0 N–H and O–H groups in total. The molecule has 0 heteroatoms. The summed E-state index contributed by atoms with van der Waals surface area (Å²) in [5, 5.41) is 0. The lowest BCUT2D eigenvalue weighted by Crippen LogP contribution is -2.01. The molecular weight excluding hydrogens is 156 g/mol. The first-order chi connectivity index (χ1) is 6.15. The average molecular weight is 176 g/mol. The van der Waals surface area contributed by atoms with Crippen molar-refractivity contribution in [2.45, 2.75) is 40.5 Å². The van der Waals surface area contributed by atoms with Crippen molar-refractivity contribution in [3.63, 3.8) is 0 Å². The van der Waals surface area contributed by atoms with E-state index in [0.29, 0.717) is 0 Å². The summed E-state index contributed by atoms with van der Waals surface area (Å²) in [7, 11) is 0. The van der Waals surface area contributed by atoms with E-state index in [0.717, 1.165) is 12.3 Å². The van der Waals surface area contributed by atoms with E-state index in [1.165, 1.54) is 17.5 Å². The zero-order valence-corrected chi connectivity index (χ0v) is 9.22. The Morgan fingerprint density at radius 2 is 1.92 bits per heavy atom. The molecule has 0 radical (unpaired) electrons. The second-order valence-electron chi connectivity index (χ2n) is 4.16. The normalized spacial score (nSPS) is 10.8. The molecule has 1 rings (SSSR count). The molecule has 0 aromatic heterocycles. The van der Waals surface area contributed by atoms with Crippen molar-refractivity contribution >= 4 is 0 Å². The summed E-state index contributed by atoms with van der Waals surface area (Å²) >= 11 is 0. The van der Waals surface area contributed by atoms with E-state index in [-0.39, 0.29) is 0 Å². The third kappa shape index (κ3) is 2.58. The van der Waals surface area contributed by atoms with Gasteiger partial charge in [0.2, 0.25) is 0 Å². The van der Waals surface area contributed by atoms with Crippen molar-refractivity contribution in [1.29, 1.82) is 0 Å². The molecule has 0 saturated heterocycles. The van der Waals surface area contributed by atoms with Crippen LogP contribution in [0.1, 0.15) is 37.5 Å². The molecule has 1 aromatic rings. The number of aryl methyl sites for hydroxylation is 2. The minimum atomic E-state index is 0.756. The van der Waals surface area contributed by atoms with Gasteiger partial charge in [0.05, 0.1) is 0 Å². The minimum Gasteiger partial charge on any atom is -0.0625 e. The Kier molecular flexibility index (Phi) is 3.53. The maximum Gasteiger partial charge on any atom is -0.0250 e. The van der Waals surface area contributed by atoms with E-state index in [4.69, 9.17) is 0 Å². The Hall–Kier alpha value is -0.780. The fourth-order valence-electron chi connectivity index (χ4n) is 1.79. The van der Waals surface area contributed by atoms with Gasteiger partial charge in [0.15, 0.2) is 0 Å². The summed E-state index contributed by atoms with van der Waals surface area (Å²) in [6.45, 7) is 9.02. The van der Waals surface area contributed by atoms with Crippen molar-refractivity contribution in [1.82, 2.24) is 0 Å². The number of hydrogen-bond donors (Lipinski definition) is 0. The topological polar surface area (TPSA) is 0 Å². The third-order valence-corrected chi connectivity index (χ3v) is 2.50. The van der Waals surface area contributed by atoms with E-state index in [1.54, 1.807) is 5.56 Å². The van der Waals surface area contributed by atoms with Crippen LogP contribution in [-0.4, -0.2) is 0 Å². The molecular formula is C13H20. The van der Waals surface area contributed by atoms with E-state index in [1.807, 2.05) is 0 Å². The molecule has 0 fully saturated rings. The molecule has 0 unspecified atom stereocenters. The first-order valence-electron chi connectivity index (χ1n) is 5.22. The van der Waals surface area contributed by atoms with Crippen LogP contribution in [-0.2, 0) is 12.8 Å². The van der Waals surface area contributed by atoms with Gasteiger partial charge in [0.25, 0.3) is 0 Å². The lowest BCUT2D eigenvalue weighted by atomic mass is 9.93. The molecule has 0 aliphatic rings. The van der Waals surface area contributed by atoms with Gasteiger partial charge in [-0.1, -0.05) is 39.0 Å². The first-order valence-corrected chi connectivity index (χ1v) is 5.22. The first kappa shape index (κ1) is 10.3. The molecule has 0 spiro atoms. The highest BCUT2D eigenvalue weighted by Crippen LogP contribution is 2.18. The maximum absolute atomic E-state index is 2.28. The van der Waals surface area contributed by atoms with Gasteiger partial charge in [-0.25, -0.2) is 0 Å². The number of benzene rings is 1. The van der Waals surface area contributed by atoms with Crippen LogP contribution in [0.25, 0.3) is 0 Å². The highest BCUT2D eigenvalue weighted by Gasteiger charge is 2.05. The number of hydrogen-bond acceptors (Lipinski definition) is 0. The Morgan fingerprint density at radius 1 is 1.23 bits per heavy atom. The van der Waals surface area contributed by atoms with Crippen molar-refractivity contribution in [2.24, 2.45) is 5.92 Å². The molecule has 0 nitrogen and oxygen atoms in total. The summed E-state index contributed by atoms with van der Waals surface area (Å²) < 4.78 is 0. The summed E-state index contributed by atoms with van der Waals surface area (Å²) in [6, 6.07) is 6.64. The van der Waals surface area contributed by atoms with Gasteiger partial charge in [0.1, 0.15) is 0 Å². The van der Waals surface area contributed by atoms with Crippen LogP contribution >= 0.6 is 0 Å². The molecule has 0 aliphatic heterocycles. The summed E-state index contributed by atoms with van der Waals surface area (Å²) in [6.07, 6.45) is 2.37.